The third-order valence-corrected chi connectivity index (χ3v) is 3.94. The van der Waals surface area contributed by atoms with Crippen LogP contribution in [0.5, 0.6) is 0 Å². The highest BCUT2D eigenvalue weighted by Crippen LogP contribution is 2.26. The third-order valence-electron chi connectivity index (χ3n) is 3.76. The van der Waals surface area contributed by atoms with Crippen molar-refractivity contribution >= 4 is 29.5 Å². The molecule has 1 saturated carbocycles. The second-order valence-electron chi connectivity index (χ2n) is 5.10. The SMILES string of the molecule is O=C1NCc2nc(N[C@@H]3CCCC[C@@H]3O)nc(NCl)c21. The minimum Gasteiger partial charge on any atom is -0.391 e. The second-order valence-corrected chi connectivity index (χ2v) is 5.29. The third kappa shape index (κ3) is 2.38. The Kier molecular flexibility index (Phi) is 3.62. The second kappa shape index (κ2) is 5.41. The van der Waals surface area contributed by atoms with E-state index in [9.17, 15) is 9.90 Å². The number of carbonyl (C=O) groups excluding carboxylic acids is 1. The van der Waals surface area contributed by atoms with Gasteiger partial charge in [0, 0.05) is 11.8 Å². The Morgan fingerprint density at radius 1 is 1.30 bits per heavy atom. The molecule has 0 spiro atoms. The highest BCUT2D eigenvalue weighted by Gasteiger charge is 2.28. The number of aromatic nitrogens is 2. The number of fused-ring (bicyclic) bond motifs is 1. The van der Waals surface area contributed by atoms with Crippen LogP contribution in [-0.2, 0) is 6.54 Å². The predicted octanol–water partition coefficient (Wildman–Crippen LogP) is 1.00. The molecule has 0 radical (unpaired) electrons. The molecule has 7 nitrogen and oxygen atoms in total. The van der Waals surface area contributed by atoms with E-state index in [1.165, 1.54) is 0 Å². The van der Waals surface area contributed by atoms with Crippen LogP contribution in [0.3, 0.4) is 0 Å². The highest BCUT2D eigenvalue weighted by molar-refractivity contribution is 6.25. The number of amides is 1. The van der Waals surface area contributed by atoms with Gasteiger partial charge in [-0.1, -0.05) is 12.8 Å². The first kappa shape index (κ1) is 13.4. The maximum Gasteiger partial charge on any atom is 0.257 e. The summed E-state index contributed by atoms with van der Waals surface area (Å²) in [5.41, 5.74) is 0.996. The predicted molar refractivity (Wildman–Crippen MR) is 74.6 cm³/mol. The molecular weight excluding hydrogens is 282 g/mol. The number of nitrogens with zero attached hydrogens (tertiary/aromatic N) is 2. The lowest BCUT2D eigenvalue weighted by Crippen LogP contribution is -2.37. The first-order valence-corrected chi connectivity index (χ1v) is 7.07. The van der Waals surface area contributed by atoms with Crippen molar-refractivity contribution in [2.75, 3.05) is 10.2 Å². The van der Waals surface area contributed by atoms with E-state index < -0.39 is 6.10 Å². The normalized spacial score (nSPS) is 25.0. The van der Waals surface area contributed by atoms with Gasteiger partial charge in [-0.3, -0.25) is 9.63 Å². The summed E-state index contributed by atoms with van der Waals surface area (Å²) in [6.45, 7) is 0.365. The number of hydrogen-bond donors (Lipinski definition) is 4. The van der Waals surface area contributed by atoms with Crippen LogP contribution < -0.4 is 15.5 Å². The smallest absolute Gasteiger partial charge is 0.257 e. The standard InChI is InChI=1S/C12H16ClN5O2/c13-18-10-9-7(5-14-11(9)20)16-12(17-10)15-6-3-1-2-4-8(6)19/h6,8,19H,1-5H2,(H,14,20)(H2,15,16,17,18)/t6-,8+/m1/s1. The van der Waals surface area contributed by atoms with Crippen molar-refractivity contribution < 1.29 is 9.90 Å². The maximum atomic E-state index is 11.6. The number of aliphatic hydroxyl groups excluding tert-OH is 1. The van der Waals surface area contributed by atoms with Gasteiger partial charge < -0.3 is 15.7 Å². The van der Waals surface area contributed by atoms with E-state index in [0.717, 1.165) is 25.7 Å². The number of nitrogens with one attached hydrogen (secondary N) is 3. The van der Waals surface area contributed by atoms with Crippen molar-refractivity contribution in [1.29, 1.82) is 0 Å². The van der Waals surface area contributed by atoms with Gasteiger partial charge in [0.15, 0.2) is 5.82 Å². The molecular formula is C12H16ClN5O2. The van der Waals surface area contributed by atoms with Crippen LogP contribution in [0.25, 0.3) is 0 Å². The molecule has 3 rings (SSSR count). The highest BCUT2D eigenvalue weighted by atomic mass is 35.5. The zero-order valence-corrected chi connectivity index (χ0v) is 11.6. The Labute approximate surface area is 121 Å². The van der Waals surface area contributed by atoms with Gasteiger partial charge in [-0.05, 0) is 12.8 Å². The summed E-state index contributed by atoms with van der Waals surface area (Å²) < 4.78 is 0. The Hall–Kier alpha value is -1.60. The number of anilines is 2. The summed E-state index contributed by atoms with van der Waals surface area (Å²) in [4.78, 5) is 22.6. The average molecular weight is 298 g/mol. The van der Waals surface area contributed by atoms with Crippen LogP contribution >= 0.6 is 11.8 Å². The largest absolute Gasteiger partial charge is 0.391 e. The van der Waals surface area contributed by atoms with E-state index in [-0.39, 0.29) is 11.9 Å². The Morgan fingerprint density at radius 2 is 2.10 bits per heavy atom. The van der Waals surface area contributed by atoms with E-state index in [0.29, 0.717) is 29.6 Å². The van der Waals surface area contributed by atoms with E-state index in [1.54, 1.807) is 0 Å². The van der Waals surface area contributed by atoms with E-state index >= 15 is 0 Å². The molecule has 0 aromatic carbocycles. The van der Waals surface area contributed by atoms with Gasteiger partial charge in [0.25, 0.3) is 5.91 Å². The fourth-order valence-electron chi connectivity index (χ4n) is 2.70. The van der Waals surface area contributed by atoms with Gasteiger partial charge in [-0.15, -0.1) is 0 Å². The fraction of sp³-hybridized carbons (Fsp3) is 0.583. The molecule has 2 atom stereocenters. The maximum absolute atomic E-state index is 11.6. The van der Waals surface area contributed by atoms with Gasteiger partial charge in [0.05, 0.1) is 24.4 Å². The summed E-state index contributed by atoms with van der Waals surface area (Å²) in [5.74, 6) is 0.446. The molecule has 1 aromatic heterocycles. The molecule has 1 fully saturated rings. The number of carbonyl (C=O) groups is 1. The Bertz CT molecular complexity index is 539. The summed E-state index contributed by atoms with van der Waals surface area (Å²) in [7, 11) is 0. The topological polar surface area (TPSA) is 99.2 Å². The van der Waals surface area contributed by atoms with Crippen molar-refractivity contribution in [2.45, 2.75) is 44.4 Å². The Morgan fingerprint density at radius 3 is 2.85 bits per heavy atom. The molecule has 0 bridgehead atoms. The molecule has 108 valence electrons. The van der Waals surface area contributed by atoms with Crippen molar-refractivity contribution in [1.82, 2.24) is 15.3 Å². The first-order chi connectivity index (χ1) is 9.69. The molecule has 1 aliphatic carbocycles. The molecule has 1 amide bonds. The van der Waals surface area contributed by atoms with Crippen LogP contribution in [0, 0.1) is 0 Å². The lowest BCUT2D eigenvalue weighted by atomic mass is 9.93. The van der Waals surface area contributed by atoms with Crippen LogP contribution in [0.4, 0.5) is 11.8 Å². The van der Waals surface area contributed by atoms with Crippen LogP contribution in [0.15, 0.2) is 0 Å². The number of aliphatic hydroxyl groups is 1. The van der Waals surface area contributed by atoms with Crippen molar-refractivity contribution in [3.63, 3.8) is 0 Å². The average Bonchev–Trinajstić information content (AvgIpc) is 2.82. The zero-order valence-electron chi connectivity index (χ0n) is 10.8. The van der Waals surface area contributed by atoms with Crippen LogP contribution in [0.1, 0.15) is 41.7 Å². The molecule has 0 saturated heterocycles. The molecule has 20 heavy (non-hydrogen) atoms. The lowest BCUT2D eigenvalue weighted by Gasteiger charge is -2.28. The first-order valence-electron chi connectivity index (χ1n) is 6.69. The van der Waals surface area contributed by atoms with Crippen molar-refractivity contribution in [2.24, 2.45) is 0 Å². The molecule has 8 heteroatoms. The molecule has 4 N–H and O–H groups in total. The van der Waals surface area contributed by atoms with Crippen LogP contribution in [0.2, 0.25) is 0 Å². The number of halogens is 1. The molecule has 2 aliphatic rings. The summed E-state index contributed by atoms with van der Waals surface area (Å²) in [6, 6.07) is -0.0601. The lowest BCUT2D eigenvalue weighted by molar-refractivity contribution is 0.0966. The number of rotatable bonds is 3. The van der Waals surface area contributed by atoms with Gasteiger partial charge in [0.1, 0.15) is 5.56 Å². The van der Waals surface area contributed by atoms with Gasteiger partial charge in [0.2, 0.25) is 5.95 Å². The van der Waals surface area contributed by atoms with Crippen LogP contribution in [-0.4, -0.2) is 33.1 Å². The van der Waals surface area contributed by atoms with E-state index in [1.807, 2.05) is 0 Å². The molecule has 1 aromatic rings. The van der Waals surface area contributed by atoms with Gasteiger partial charge in [-0.2, -0.15) is 4.98 Å². The van der Waals surface area contributed by atoms with E-state index in [4.69, 9.17) is 11.8 Å². The fourth-order valence-corrected chi connectivity index (χ4v) is 2.84. The quantitative estimate of drug-likeness (QED) is 0.621. The van der Waals surface area contributed by atoms with E-state index in [2.05, 4.69) is 25.4 Å². The minimum absolute atomic E-state index is 0.0601. The summed E-state index contributed by atoms with van der Waals surface area (Å²) in [5, 5.41) is 15.8. The molecule has 2 heterocycles. The monoisotopic (exact) mass is 297 g/mol. The van der Waals surface area contributed by atoms with Gasteiger partial charge in [-0.25, -0.2) is 4.98 Å². The van der Waals surface area contributed by atoms with Crippen molar-refractivity contribution in [3.05, 3.63) is 11.3 Å². The number of hydrogen-bond acceptors (Lipinski definition) is 6. The summed E-state index contributed by atoms with van der Waals surface area (Å²) >= 11 is 5.62. The molecule has 0 unspecified atom stereocenters. The zero-order chi connectivity index (χ0) is 14.1. The Balaban J connectivity index is 1.85. The van der Waals surface area contributed by atoms with Crippen molar-refractivity contribution in [3.8, 4) is 0 Å². The van der Waals surface area contributed by atoms with Gasteiger partial charge >= 0.3 is 0 Å². The molecule has 1 aliphatic heterocycles. The minimum atomic E-state index is -0.396. The summed E-state index contributed by atoms with van der Waals surface area (Å²) in [6.07, 6.45) is 3.37.